The Kier molecular flexibility index (Phi) is 3.38. The van der Waals surface area contributed by atoms with Crippen molar-refractivity contribution in [3.05, 3.63) is 28.2 Å². The van der Waals surface area contributed by atoms with Crippen LogP contribution >= 0.6 is 35.0 Å². The van der Waals surface area contributed by atoms with E-state index in [9.17, 15) is 0 Å². The van der Waals surface area contributed by atoms with Gasteiger partial charge in [-0.05, 0) is 26.0 Å². The molecule has 0 radical (unpaired) electrons. The molecule has 0 spiro atoms. The van der Waals surface area contributed by atoms with Crippen LogP contribution in [0.3, 0.4) is 0 Å². The van der Waals surface area contributed by atoms with Crippen molar-refractivity contribution in [3.63, 3.8) is 0 Å². The first-order valence-corrected chi connectivity index (χ1v) is 6.51. The SMILES string of the molecule is CC1(C)CN/C(=N/c2cccc(Cl)c2Cl)S1. The number of thioether (sulfide) groups is 1. The zero-order valence-electron chi connectivity index (χ0n) is 9.05. The molecule has 1 saturated heterocycles. The lowest BCUT2D eigenvalue weighted by molar-refractivity contribution is 0.703. The molecule has 1 aliphatic rings. The van der Waals surface area contributed by atoms with Gasteiger partial charge >= 0.3 is 0 Å². The van der Waals surface area contributed by atoms with Crippen LogP contribution < -0.4 is 5.32 Å². The zero-order valence-corrected chi connectivity index (χ0v) is 11.4. The van der Waals surface area contributed by atoms with Gasteiger partial charge in [-0.25, -0.2) is 4.99 Å². The number of amidine groups is 1. The standard InChI is InChI=1S/C11H12Cl2N2S/c1-11(2)6-14-10(16-11)15-8-5-3-4-7(12)9(8)13/h3-5H,6H2,1-2H3,(H,14,15). The number of rotatable bonds is 1. The van der Waals surface area contributed by atoms with Crippen LogP contribution in [0.25, 0.3) is 0 Å². The molecule has 2 nitrogen and oxygen atoms in total. The maximum absolute atomic E-state index is 6.07. The van der Waals surface area contributed by atoms with E-state index < -0.39 is 0 Å². The molecule has 1 N–H and O–H groups in total. The molecule has 0 aromatic heterocycles. The molecule has 1 heterocycles. The number of hydrogen-bond donors (Lipinski definition) is 1. The van der Waals surface area contributed by atoms with E-state index in [1.165, 1.54) is 0 Å². The molecular weight excluding hydrogens is 263 g/mol. The molecule has 0 atom stereocenters. The molecule has 16 heavy (non-hydrogen) atoms. The highest BCUT2D eigenvalue weighted by atomic mass is 35.5. The fourth-order valence-electron chi connectivity index (χ4n) is 1.37. The van der Waals surface area contributed by atoms with E-state index in [1.54, 1.807) is 17.8 Å². The van der Waals surface area contributed by atoms with Crippen LogP contribution in [0, 0.1) is 0 Å². The van der Waals surface area contributed by atoms with Crippen molar-refractivity contribution in [2.45, 2.75) is 18.6 Å². The monoisotopic (exact) mass is 274 g/mol. The third-order valence-corrected chi connectivity index (χ3v) is 4.13. The molecular formula is C11H12Cl2N2S. The van der Waals surface area contributed by atoms with Crippen molar-refractivity contribution in [2.24, 2.45) is 4.99 Å². The summed E-state index contributed by atoms with van der Waals surface area (Å²) in [5.74, 6) is 0. The normalized spacial score (nSPS) is 21.1. The number of aliphatic imine (C=N–C) groups is 1. The molecule has 1 aliphatic heterocycles. The maximum Gasteiger partial charge on any atom is 0.162 e. The van der Waals surface area contributed by atoms with E-state index in [-0.39, 0.29) is 4.75 Å². The summed E-state index contributed by atoms with van der Waals surface area (Å²) >= 11 is 13.7. The molecule has 86 valence electrons. The Balaban J connectivity index is 2.27. The quantitative estimate of drug-likeness (QED) is 0.834. The van der Waals surface area contributed by atoms with Crippen LogP contribution in [-0.2, 0) is 0 Å². The summed E-state index contributed by atoms with van der Waals surface area (Å²) in [6, 6.07) is 5.46. The van der Waals surface area contributed by atoms with Crippen molar-refractivity contribution in [2.75, 3.05) is 6.54 Å². The van der Waals surface area contributed by atoms with Crippen LogP contribution in [0.2, 0.25) is 10.0 Å². The van der Waals surface area contributed by atoms with Gasteiger partial charge < -0.3 is 5.32 Å². The summed E-state index contributed by atoms with van der Waals surface area (Å²) < 4.78 is 0.184. The van der Waals surface area contributed by atoms with E-state index in [2.05, 4.69) is 24.2 Å². The lowest BCUT2D eigenvalue weighted by Gasteiger charge is -2.10. The minimum atomic E-state index is 0.184. The summed E-state index contributed by atoms with van der Waals surface area (Å²) in [4.78, 5) is 4.47. The second-order valence-corrected chi connectivity index (χ2v) is 6.69. The Bertz CT molecular complexity index is 444. The Labute approximate surface area is 109 Å². The van der Waals surface area contributed by atoms with Gasteiger partial charge in [0.15, 0.2) is 5.17 Å². The van der Waals surface area contributed by atoms with Gasteiger partial charge in [0.25, 0.3) is 0 Å². The highest BCUT2D eigenvalue weighted by Crippen LogP contribution is 2.35. The van der Waals surface area contributed by atoms with Crippen LogP contribution in [0.5, 0.6) is 0 Å². The van der Waals surface area contributed by atoms with Gasteiger partial charge in [-0.3, -0.25) is 0 Å². The molecule has 2 rings (SSSR count). The first kappa shape index (κ1) is 12.1. The van der Waals surface area contributed by atoms with Gasteiger partial charge in [-0.15, -0.1) is 0 Å². The second-order valence-electron chi connectivity index (χ2n) is 4.21. The molecule has 1 aromatic rings. The van der Waals surface area contributed by atoms with Gasteiger partial charge in [-0.1, -0.05) is 41.0 Å². The highest BCUT2D eigenvalue weighted by molar-refractivity contribution is 8.15. The fraction of sp³-hybridized carbons (Fsp3) is 0.364. The van der Waals surface area contributed by atoms with Crippen LogP contribution in [0.15, 0.2) is 23.2 Å². The van der Waals surface area contributed by atoms with Crippen molar-refractivity contribution < 1.29 is 0 Å². The molecule has 1 aromatic carbocycles. The molecule has 0 unspecified atom stereocenters. The van der Waals surface area contributed by atoms with Gasteiger partial charge in [0, 0.05) is 11.3 Å². The first-order valence-electron chi connectivity index (χ1n) is 4.93. The number of halogens is 2. The summed E-state index contributed by atoms with van der Waals surface area (Å²) in [5, 5.41) is 5.19. The van der Waals surface area contributed by atoms with Gasteiger partial charge in [-0.2, -0.15) is 0 Å². The Morgan fingerprint density at radius 2 is 2.12 bits per heavy atom. The lowest BCUT2D eigenvalue weighted by Crippen LogP contribution is -2.21. The first-order chi connectivity index (χ1) is 7.48. The van der Waals surface area contributed by atoms with E-state index in [0.717, 1.165) is 11.7 Å². The van der Waals surface area contributed by atoms with Crippen LogP contribution in [0.4, 0.5) is 5.69 Å². The fourth-order valence-corrected chi connectivity index (χ4v) is 2.67. The van der Waals surface area contributed by atoms with E-state index in [0.29, 0.717) is 15.7 Å². The maximum atomic E-state index is 6.07. The number of benzene rings is 1. The Hall–Kier alpha value is -0.380. The van der Waals surface area contributed by atoms with E-state index in [1.807, 2.05) is 12.1 Å². The minimum absolute atomic E-state index is 0.184. The summed E-state index contributed by atoms with van der Waals surface area (Å²) in [6.07, 6.45) is 0. The molecule has 0 bridgehead atoms. The topological polar surface area (TPSA) is 24.4 Å². The molecule has 0 amide bonds. The lowest BCUT2D eigenvalue weighted by atomic mass is 10.2. The average molecular weight is 275 g/mol. The second kappa shape index (κ2) is 4.47. The van der Waals surface area contributed by atoms with E-state index >= 15 is 0 Å². The Morgan fingerprint density at radius 1 is 1.38 bits per heavy atom. The van der Waals surface area contributed by atoms with Gasteiger partial charge in [0.05, 0.1) is 15.7 Å². The van der Waals surface area contributed by atoms with Gasteiger partial charge in [0.2, 0.25) is 0 Å². The smallest absolute Gasteiger partial charge is 0.162 e. The number of hydrogen-bond acceptors (Lipinski definition) is 2. The highest BCUT2D eigenvalue weighted by Gasteiger charge is 2.28. The summed E-state index contributed by atoms with van der Waals surface area (Å²) in [6.45, 7) is 5.26. The van der Waals surface area contributed by atoms with Gasteiger partial charge in [0.1, 0.15) is 0 Å². The van der Waals surface area contributed by atoms with Crippen LogP contribution in [0.1, 0.15) is 13.8 Å². The van der Waals surface area contributed by atoms with Crippen LogP contribution in [-0.4, -0.2) is 16.5 Å². The molecule has 1 fully saturated rings. The minimum Gasteiger partial charge on any atom is -0.363 e. The Morgan fingerprint density at radius 3 is 2.75 bits per heavy atom. The van der Waals surface area contributed by atoms with Crippen molar-refractivity contribution in [3.8, 4) is 0 Å². The molecule has 0 saturated carbocycles. The molecule has 0 aliphatic carbocycles. The predicted molar refractivity (Wildman–Crippen MR) is 73.2 cm³/mol. The summed E-state index contributed by atoms with van der Waals surface area (Å²) in [5.41, 5.74) is 0.710. The van der Waals surface area contributed by atoms with Crippen molar-refractivity contribution >= 4 is 45.8 Å². The number of nitrogens with one attached hydrogen (secondary N) is 1. The van der Waals surface area contributed by atoms with E-state index in [4.69, 9.17) is 23.2 Å². The predicted octanol–water partition coefficient (Wildman–Crippen LogP) is 4.10. The molecule has 5 heteroatoms. The third-order valence-electron chi connectivity index (χ3n) is 2.19. The van der Waals surface area contributed by atoms with Crippen molar-refractivity contribution in [1.29, 1.82) is 0 Å². The van der Waals surface area contributed by atoms with Crippen molar-refractivity contribution in [1.82, 2.24) is 5.32 Å². The summed E-state index contributed by atoms with van der Waals surface area (Å²) in [7, 11) is 0. The third kappa shape index (κ3) is 2.65. The number of nitrogens with zero attached hydrogens (tertiary/aromatic N) is 1. The zero-order chi connectivity index (χ0) is 11.8. The largest absolute Gasteiger partial charge is 0.363 e. The average Bonchev–Trinajstić information content (AvgIpc) is 2.53.